The number of thiophene rings is 1. The molecule has 2 N–H and O–H groups in total. The van der Waals surface area contributed by atoms with E-state index in [1.807, 2.05) is 5.38 Å². The van der Waals surface area contributed by atoms with Crippen molar-refractivity contribution in [3.8, 4) is 0 Å². The van der Waals surface area contributed by atoms with Crippen LogP contribution in [0.2, 0.25) is 0 Å². The van der Waals surface area contributed by atoms with Crippen LogP contribution in [-0.2, 0) is 0 Å². The van der Waals surface area contributed by atoms with Crippen molar-refractivity contribution in [3.63, 3.8) is 0 Å². The molecule has 0 saturated heterocycles. The van der Waals surface area contributed by atoms with Gasteiger partial charge in [-0.15, -0.1) is 11.3 Å². The minimum atomic E-state index is 0.453. The predicted molar refractivity (Wildman–Crippen MR) is 57.1 cm³/mol. The van der Waals surface area contributed by atoms with Crippen molar-refractivity contribution in [1.29, 1.82) is 0 Å². The zero-order valence-corrected chi connectivity index (χ0v) is 8.85. The van der Waals surface area contributed by atoms with Gasteiger partial charge in [0, 0.05) is 21.4 Å². The molecule has 2 aromatic heterocycles. The molecule has 0 aliphatic rings. The first-order valence-electron chi connectivity index (χ1n) is 3.50. The Labute approximate surface area is 86.7 Å². The predicted octanol–water partition coefficient (Wildman–Crippen LogP) is 2.45. The summed E-state index contributed by atoms with van der Waals surface area (Å²) < 4.78 is 1.77. The average molecular weight is 257 g/mol. The highest BCUT2D eigenvalue weighted by Crippen LogP contribution is 2.34. The molecule has 0 spiro atoms. The second kappa shape index (κ2) is 3.08. The van der Waals surface area contributed by atoms with E-state index < -0.39 is 0 Å². The molecule has 2 heterocycles. The van der Waals surface area contributed by atoms with E-state index in [1.54, 1.807) is 0 Å². The zero-order valence-electron chi connectivity index (χ0n) is 6.45. The summed E-state index contributed by atoms with van der Waals surface area (Å²) in [5.41, 5.74) is 6.26. The Morgan fingerprint density at radius 2 is 2.38 bits per heavy atom. The highest BCUT2D eigenvalue weighted by molar-refractivity contribution is 9.10. The summed E-state index contributed by atoms with van der Waals surface area (Å²) in [5, 5.41) is 2.73. The van der Waals surface area contributed by atoms with Crippen LogP contribution in [0.25, 0.3) is 10.1 Å². The fraction of sp³-hybridized carbons (Fsp3) is 0. The second-order valence-corrected chi connectivity index (χ2v) is 4.24. The third-order valence-corrected chi connectivity index (χ3v) is 3.69. The molecule has 0 radical (unpaired) electrons. The number of rotatable bonds is 1. The summed E-state index contributed by atoms with van der Waals surface area (Å²) in [4.78, 5) is 14.6. The van der Waals surface area contributed by atoms with Crippen LogP contribution in [0.5, 0.6) is 0 Å². The van der Waals surface area contributed by atoms with Crippen molar-refractivity contribution < 1.29 is 4.79 Å². The number of fused-ring (bicyclic) bond motifs is 1. The van der Waals surface area contributed by atoms with Gasteiger partial charge in [-0.25, -0.2) is 4.98 Å². The molecule has 5 heteroatoms. The molecular weight excluding hydrogens is 252 g/mol. The molecule has 13 heavy (non-hydrogen) atoms. The molecule has 3 nitrogen and oxygen atoms in total. The Balaban J connectivity index is 2.95. The minimum absolute atomic E-state index is 0.453. The molecule has 0 saturated carbocycles. The normalized spacial score (nSPS) is 10.5. The van der Waals surface area contributed by atoms with Gasteiger partial charge in [0.25, 0.3) is 0 Å². The quantitative estimate of drug-likeness (QED) is 0.798. The number of nitrogens with two attached hydrogens (primary N) is 1. The van der Waals surface area contributed by atoms with Crippen molar-refractivity contribution in [2.45, 2.75) is 0 Å². The zero-order chi connectivity index (χ0) is 9.42. The monoisotopic (exact) mass is 256 g/mol. The van der Waals surface area contributed by atoms with Gasteiger partial charge in [-0.1, -0.05) is 0 Å². The van der Waals surface area contributed by atoms with Gasteiger partial charge >= 0.3 is 0 Å². The highest BCUT2D eigenvalue weighted by Gasteiger charge is 2.09. The van der Waals surface area contributed by atoms with Gasteiger partial charge in [0.2, 0.25) is 0 Å². The van der Waals surface area contributed by atoms with Gasteiger partial charge in [0.05, 0.1) is 10.3 Å². The lowest BCUT2D eigenvalue weighted by Gasteiger charge is -1.97. The second-order valence-electron chi connectivity index (χ2n) is 2.50. The summed E-state index contributed by atoms with van der Waals surface area (Å²) in [7, 11) is 0. The van der Waals surface area contributed by atoms with Crippen LogP contribution in [0, 0.1) is 0 Å². The standard InChI is InChI=1S/C8H5BrN2OS/c9-5-3-13-7-4(2-12)1-11-8(10)6(5)7/h1-3H,(H2,10,11). The van der Waals surface area contributed by atoms with E-state index in [4.69, 9.17) is 5.73 Å². The maximum Gasteiger partial charge on any atom is 0.153 e. The Morgan fingerprint density at radius 3 is 3.08 bits per heavy atom. The van der Waals surface area contributed by atoms with E-state index in [0.29, 0.717) is 11.4 Å². The number of aldehydes is 1. The van der Waals surface area contributed by atoms with Crippen LogP contribution in [0.15, 0.2) is 16.0 Å². The molecule has 0 aliphatic heterocycles. The number of pyridine rings is 1. The van der Waals surface area contributed by atoms with Crippen molar-refractivity contribution >= 4 is 49.5 Å². The largest absolute Gasteiger partial charge is 0.383 e. The molecule has 2 aromatic rings. The first-order chi connectivity index (χ1) is 6.24. The first kappa shape index (κ1) is 8.65. The Bertz CT molecular complexity index is 480. The van der Waals surface area contributed by atoms with Crippen molar-refractivity contribution in [1.82, 2.24) is 4.98 Å². The van der Waals surface area contributed by atoms with Gasteiger partial charge in [0.15, 0.2) is 6.29 Å². The fourth-order valence-corrected chi connectivity index (χ4v) is 2.86. The smallest absolute Gasteiger partial charge is 0.153 e. The van der Waals surface area contributed by atoms with E-state index >= 15 is 0 Å². The van der Waals surface area contributed by atoms with Gasteiger partial charge in [-0.2, -0.15) is 0 Å². The van der Waals surface area contributed by atoms with Crippen LogP contribution in [0.4, 0.5) is 5.82 Å². The molecule has 0 aliphatic carbocycles. The number of hydrogen-bond donors (Lipinski definition) is 1. The summed E-state index contributed by atoms with van der Waals surface area (Å²) in [5.74, 6) is 0.453. The van der Waals surface area contributed by atoms with Crippen LogP contribution in [0.3, 0.4) is 0 Å². The Kier molecular flexibility index (Phi) is 2.05. The number of aromatic nitrogens is 1. The molecule has 0 aromatic carbocycles. The van der Waals surface area contributed by atoms with E-state index in [0.717, 1.165) is 20.8 Å². The third-order valence-electron chi connectivity index (χ3n) is 1.73. The minimum Gasteiger partial charge on any atom is -0.383 e. The number of nitrogen functional groups attached to an aromatic ring is 1. The van der Waals surface area contributed by atoms with Gasteiger partial charge < -0.3 is 5.73 Å². The van der Waals surface area contributed by atoms with Crippen molar-refractivity contribution in [3.05, 3.63) is 21.6 Å². The lowest BCUT2D eigenvalue weighted by Crippen LogP contribution is -1.92. The van der Waals surface area contributed by atoms with E-state index in [9.17, 15) is 4.79 Å². The molecule has 0 atom stereocenters. The fourth-order valence-electron chi connectivity index (χ4n) is 1.13. The number of carbonyl (C=O) groups is 1. The molecule has 66 valence electrons. The van der Waals surface area contributed by atoms with Crippen molar-refractivity contribution in [2.24, 2.45) is 0 Å². The van der Waals surface area contributed by atoms with E-state index in [1.165, 1.54) is 17.5 Å². The summed E-state index contributed by atoms with van der Waals surface area (Å²) >= 11 is 4.84. The molecule has 0 unspecified atom stereocenters. The van der Waals surface area contributed by atoms with Gasteiger partial charge in [-0.05, 0) is 15.9 Å². The lowest BCUT2D eigenvalue weighted by molar-refractivity contribution is 0.112. The van der Waals surface area contributed by atoms with E-state index in [2.05, 4.69) is 20.9 Å². The highest BCUT2D eigenvalue weighted by atomic mass is 79.9. The summed E-state index contributed by atoms with van der Waals surface area (Å²) in [6.45, 7) is 0. The summed E-state index contributed by atoms with van der Waals surface area (Å²) in [6, 6.07) is 0. The number of halogens is 1. The number of hydrogen-bond acceptors (Lipinski definition) is 4. The maximum atomic E-state index is 10.7. The first-order valence-corrected chi connectivity index (χ1v) is 5.17. The van der Waals surface area contributed by atoms with Crippen molar-refractivity contribution in [2.75, 3.05) is 5.73 Å². The number of nitrogens with zero attached hydrogens (tertiary/aromatic N) is 1. The molecular formula is C8H5BrN2OS. The third kappa shape index (κ3) is 1.24. The molecule has 2 rings (SSSR count). The van der Waals surface area contributed by atoms with E-state index in [-0.39, 0.29) is 0 Å². The SMILES string of the molecule is Nc1ncc(C=O)c2scc(Br)c12. The van der Waals surface area contributed by atoms with Gasteiger partial charge in [-0.3, -0.25) is 4.79 Å². The van der Waals surface area contributed by atoms with Crippen LogP contribution >= 0.6 is 27.3 Å². The topological polar surface area (TPSA) is 56.0 Å². The average Bonchev–Trinajstić information content (AvgIpc) is 2.50. The number of anilines is 1. The Hall–Kier alpha value is -0.940. The van der Waals surface area contributed by atoms with Crippen LogP contribution in [0.1, 0.15) is 10.4 Å². The summed E-state index contributed by atoms with van der Waals surface area (Å²) in [6.07, 6.45) is 2.28. The molecule has 0 amide bonds. The molecule has 0 fully saturated rings. The maximum absolute atomic E-state index is 10.7. The van der Waals surface area contributed by atoms with Crippen LogP contribution < -0.4 is 5.73 Å². The lowest BCUT2D eigenvalue weighted by atomic mass is 10.2. The number of carbonyl (C=O) groups excluding carboxylic acids is 1. The van der Waals surface area contributed by atoms with Gasteiger partial charge in [0.1, 0.15) is 5.82 Å². The van der Waals surface area contributed by atoms with Crippen LogP contribution in [-0.4, -0.2) is 11.3 Å². The Morgan fingerprint density at radius 1 is 1.62 bits per heavy atom. The molecule has 0 bridgehead atoms.